The molecule has 2 rings (SSSR count). The number of ether oxygens (including phenoxy) is 1. The van der Waals surface area contributed by atoms with Crippen LogP contribution in [0.15, 0.2) is 18.2 Å². The van der Waals surface area contributed by atoms with E-state index in [1.807, 2.05) is 19.1 Å². The van der Waals surface area contributed by atoms with E-state index in [4.69, 9.17) is 10.5 Å². The number of nitrogens with two attached hydrogens (primary N) is 1. The minimum atomic E-state index is -0.128. The highest BCUT2D eigenvalue weighted by Gasteiger charge is 2.15. The second-order valence-electron chi connectivity index (χ2n) is 5.07. The highest BCUT2D eigenvalue weighted by Crippen LogP contribution is 2.20. The summed E-state index contributed by atoms with van der Waals surface area (Å²) in [4.78, 5) is 12.0. The molecule has 0 atom stereocenters. The monoisotopic (exact) mass is 262 g/mol. The van der Waals surface area contributed by atoms with E-state index in [0.717, 1.165) is 18.4 Å². The van der Waals surface area contributed by atoms with Gasteiger partial charge in [-0.1, -0.05) is 25.0 Å². The highest BCUT2D eigenvalue weighted by atomic mass is 16.5. The molecule has 0 saturated heterocycles. The lowest BCUT2D eigenvalue weighted by molar-refractivity contribution is 0.0582. The Morgan fingerprint density at radius 2 is 2.16 bits per heavy atom. The molecule has 0 aromatic heterocycles. The lowest BCUT2D eigenvalue weighted by atomic mass is 10.1. The van der Waals surface area contributed by atoms with Gasteiger partial charge in [0, 0.05) is 12.2 Å². The fourth-order valence-electron chi connectivity index (χ4n) is 2.42. The van der Waals surface area contributed by atoms with Gasteiger partial charge in [-0.2, -0.15) is 0 Å². The summed E-state index contributed by atoms with van der Waals surface area (Å²) in [7, 11) is 0. The minimum absolute atomic E-state index is 0.128. The summed E-state index contributed by atoms with van der Waals surface area (Å²) in [6.07, 6.45) is 5.21. The van der Waals surface area contributed by atoms with E-state index in [-0.39, 0.29) is 5.91 Å². The van der Waals surface area contributed by atoms with Gasteiger partial charge in [-0.15, -0.1) is 0 Å². The molecule has 1 aromatic carbocycles. The summed E-state index contributed by atoms with van der Waals surface area (Å²) in [5, 5.41) is 2.85. The summed E-state index contributed by atoms with van der Waals surface area (Å²) in [5.74, 6) is -0.128. The Morgan fingerprint density at radius 3 is 2.89 bits per heavy atom. The maximum atomic E-state index is 12.0. The molecule has 3 N–H and O–H groups in total. The molecule has 0 bridgehead atoms. The predicted octanol–water partition coefficient (Wildman–Crippen LogP) is 2.27. The normalized spacial score (nSPS) is 15.6. The maximum absolute atomic E-state index is 12.0. The molecule has 1 fully saturated rings. The number of benzene rings is 1. The largest absolute Gasteiger partial charge is 0.398 e. The second kappa shape index (κ2) is 6.57. The first-order valence-electron chi connectivity index (χ1n) is 6.93. The first-order valence-corrected chi connectivity index (χ1v) is 6.93. The average Bonchev–Trinajstić information content (AvgIpc) is 2.91. The van der Waals surface area contributed by atoms with Crippen molar-refractivity contribution in [3.8, 4) is 0 Å². The molecule has 4 nitrogen and oxygen atoms in total. The van der Waals surface area contributed by atoms with Crippen molar-refractivity contribution >= 4 is 11.6 Å². The average molecular weight is 262 g/mol. The predicted molar refractivity (Wildman–Crippen MR) is 76.1 cm³/mol. The summed E-state index contributed by atoms with van der Waals surface area (Å²) in [5.41, 5.74) is 7.92. The quantitative estimate of drug-likeness (QED) is 0.632. The van der Waals surface area contributed by atoms with Crippen molar-refractivity contribution in [2.45, 2.75) is 38.7 Å². The Morgan fingerprint density at radius 1 is 1.42 bits per heavy atom. The Labute approximate surface area is 114 Å². The molecule has 19 heavy (non-hydrogen) atoms. The van der Waals surface area contributed by atoms with Gasteiger partial charge in [-0.05, 0) is 31.4 Å². The number of anilines is 1. The Bertz CT molecular complexity index is 440. The lowest BCUT2D eigenvalue weighted by Gasteiger charge is -2.12. The zero-order valence-electron chi connectivity index (χ0n) is 11.4. The van der Waals surface area contributed by atoms with Crippen LogP contribution in [0.4, 0.5) is 5.69 Å². The number of aryl methyl sites for hydroxylation is 1. The van der Waals surface area contributed by atoms with Gasteiger partial charge in [0.05, 0.1) is 18.3 Å². The van der Waals surface area contributed by atoms with Crippen molar-refractivity contribution in [2.24, 2.45) is 0 Å². The first kappa shape index (κ1) is 13.9. The Kier molecular flexibility index (Phi) is 4.80. The zero-order chi connectivity index (χ0) is 13.7. The van der Waals surface area contributed by atoms with Gasteiger partial charge in [0.15, 0.2) is 0 Å². The van der Waals surface area contributed by atoms with Gasteiger partial charge in [0.2, 0.25) is 0 Å². The maximum Gasteiger partial charge on any atom is 0.253 e. The number of carbonyl (C=O) groups is 1. The number of nitrogens with one attached hydrogen (secondary N) is 1. The number of para-hydroxylation sites is 1. The van der Waals surface area contributed by atoms with E-state index >= 15 is 0 Å². The van der Waals surface area contributed by atoms with Crippen LogP contribution in [0.1, 0.15) is 41.6 Å². The van der Waals surface area contributed by atoms with Crippen molar-refractivity contribution < 1.29 is 9.53 Å². The number of nitrogen functional groups attached to an aromatic ring is 1. The molecule has 1 saturated carbocycles. The van der Waals surface area contributed by atoms with Crippen LogP contribution in [0.25, 0.3) is 0 Å². The SMILES string of the molecule is Cc1cccc(C(=O)NCCOC2CCCC2)c1N. The summed E-state index contributed by atoms with van der Waals surface area (Å²) in [6, 6.07) is 5.49. The van der Waals surface area contributed by atoms with Crippen molar-refractivity contribution in [1.82, 2.24) is 5.32 Å². The van der Waals surface area contributed by atoms with Crippen molar-refractivity contribution in [3.63, 3.8) is 0 Å². The second-order valence-corrected chi connectivity index (χ2v) is 5.07. The molecule has 0 unspecified atom stereocenters. The highest BCUT2D eigenvalue weighted by molar-refractivity contribution is 5.99. The van der Waals surface area contributed by atoms with Gasteiger partial charge in [-0.25, -0.2) is 0 Å². The molecular weight excluding hydrogens is 240 g/mol. The fourth-order valence-corrected chi connectivity index (χ4v) is 2.42. The lowest BCUT2D eigenvalue weighted by Crippen LogP contribution is -2.29. The third kappa shape index (κ3) is 3.70. The van der Waals surface area contributed by atoms with Crippen LogP contribution >= 0.6 is 0 Å². The van der Waals surface area contributed by atoms with Gasteiger partial charge >= 0.3 is 0 Å². The topological polar surface area (TPSA) is 64.3 Å². The molecule has 104 valence electrons. The van der Waals surface area contributed by atoms with E-state index in [0.29, 0.717) is 30.5 Å². The number of carbonyl (C=O) groups excluding carboxylic acids is 1. The van der Waals surface area contributed by atoms with E-state index in [1.165, 1.54) is 12.8 Å². The molecule has 0 heterocycles. The minimum Gasteiger partial charge on any atom is -0.398 e. The van der Waals surface area contributed by atoms with Crippen LogP contribution in [0, 0.1) is 6.92 Å². The zero-order valence-corrected chi connectivity index (χ0v) is 11.4. The summed E-state index contributed by atoms with van der Waals surface area (Å²) >= 11 is 0. The number of hydrogen-bond acceptors (Lipinski definition) is 3. The van der Waals surface area contributed by atoms with Crippen LogP contribution in [-0.2, 0) is 4.74 Å². The van der Waals surface area contributed by atoms with Crippen LogP contribution < -0.4 is 11.1 Å². The van der Waals surface area contributed by atoms with Crippen molar-refractivity contribution in [2.75, 3.05) is 18.9 Å². The molecule has 0 radical (unpaired) electrons. The molecule has 1 aliphatic rings. The van der Waals surface area contributed by atoms with E-state index < -0.39 is 0 Å². The van der Waals surface area contributed by atoms with Gasteiger partial charge in [-0.3, -0.25) is 4.79 Å². The fraction of sp³-hybridized carbons (Fsp3) is 0.533. The Hall–Kier alpha value is -1.55. The van der Waals surface area contributed by atoms with Crippen LogP contribution in [0.3, 0.4) is 0 Å². The summed E-state index contributed by atoms with van der Waals surface area (Å²) < 4.78 is 5.70. The third-order valence-corrected chi connectivity index (χ3v) is 3.61. The van der Waals surface area contributed by atoms with Crippen molar-refractivity contribution in [1.29, 1.82) is 0 Å². The standard InChI is InChI=1S/C15H22N2O2/c1-11-5-4-8-13(14(11)16)15(18)17-9-10-19-12-6-2-3-7-12/h4-5,8,12H,2-3,6-7,9-10,16H2,1H3,(H,17,18). The van der Waals surface area contributed by atoms with Crippen LogP contribution in [0.5, 0.6) is 0 Å². The molecule has 4 heteroatoms. The van der Waals surface area contributed by atoms with Gasteiger partial charge < -0.3 is 15.8 Å². The molecule has 1 amide bonds. The molecule has 0 spiro atoms. The van der Waals surface area contributed by atoms with Crippen molar-refractivity contribution in [3.05, 3.63) is 29.3 Å². The Balaban J connectivity index is 1.76. The van der Waals surface area contributed by atoms with Crippen LogP contribution in [0.2, 0.25) is 0 Å². The third-order valence-electron chi connectivity index (χ3n) is 3.61. The number of rotatable bonds is 5. The number of amides is 1. The molecule has 0 aliphatic heterocycles. The van der Waals surface area contributed by atoms with Gasteiger partial charge in [0.25, 0.3) is 5.91 Å². The first-order chi connectivity index (χ1) is 9.18. The summed E-state index contributed by atoms with van der Waals surface area (Å²) in [6.45, 7) is 3.00. The van der Waals surface area contributed by atoms with Gasteiger partial charge in [0.1, 0.15) is 0 Å². The van der Waals surface area contributed by atoms with E-state index in [1.54, 1.807) is 6.07 Å². The van der Waals surface area contributed by atoms with E-state index in [9.17, 15) is 4.79 Å². The number of hydrogen-bond donors (Lipinski definition) is 2. The molecule has 1 aromatic rings. The smallest absolute Gasteiger partial charge is 0.253 e. The molecule has 1 aliphatic carbocycles. The van der Waals surface area contributed by atoms with Crippen LogP contribution in [-0.4, -0.2) is 25.2 Å². The van der Waals surface area contributed by atoms with E-state index in [2.05, 4.69) is 5.32 Å². The molecular formula is C15H22N2O2.